The minimum Gasteiger partial charge on any atom is -0.493 e. The van der Waals surface area contributed by atoms with Crippen LogP contribution in [0.2, 0.25) is 0 Å². The molecular formula is C25H32ClNO2. The Kier molecular flexibility index (Phi) is 8.30. The van der Waals surface area contributed by atoms with E-state index in [1.165, 1.54) is 32.1 Å². The number of methoxy groups -OCH3 is 2. The Labute approximate surface area is 180 Å². The van der Waals surface area contributed by atoms with Crippen molar-refractivity contribution in [1.82, 2.24) is 0 Å². The summed E-state index contributed by atoms with van der Waals surface area (Å²) in [6, 6.07) is 14.4. The van der Waals surface area contributed by atoms with Crippen LogP contribution < -0.4 is 14.8 Å². The van der Waals surface area contributed by atoms with Crippen LogP contribution in [0.3, 0.4) is 0 Å². The first-order chi connectivity index (χ1) is 14.2. The summed E-state index contributed by atoms with van der Waals surface area (Å²) >= 11 is 6.63. The molecule has 1 fully saturated rings. The van der Waals surface area contributed by atoms with Crippen LogP contribution >= 0.6 is 11.6 Å². The van der Waals surface area contributed by atoms with E-state index in [1.807, 2.05) is 18.2 Å². The first-order valence-corrected chi connectivity index (χ1v) is 11.0. The van der Waals surface area contributed by atoms with Crippen LogP contribution in [0.5, 0.6) is 11.5 Å². The fraction of sp³-hybridized carbons (Fsp3) is 0.440. The lowest BCUT2D eigenvalue weighted by molar-refractivity contribution is 0.340. The number of anilines is 1. The van der Waals surface area contributed by atoms with Crippen LogP contribution in [0.25, 0.3) is 12.2 Å². The Morgan fingerprint density at radius 2 is 1.59 bits per heavy atom. The molecule has 0 radical (unpaired) electrons. The average molecular weight is 414 g/mol. The molecule has 1 aliphatic rings. The van der Waals surface area contributed by atoms with E-state index < -0.39 is 0 Å². The highest BCUT2D eigenvalue weighted by Gasteiger charge is 2.21. The minimum absolute atomic E-state index is 0.298. The second-order valence-electron chi connectivity index (χ2n) is 7.70. The van der Waals surface area contributed by atoms with Crippen molar-refractivity contribution in [2.24, 2.45) is 5.92 Å². The van der Waals surface area contributed by atoms with Gasteiger partial charge < -0.3 is 14.8 Å². The zero-order valence-corrected chi connectivity index (χ0v) is 18.3. The maximum atomic E-state index is 6.63. The molecular weight excluding hydrogens is 382 g/mol. The van der Waals surface area contributed by atoms with Gasteiger partial charge in [-0.1, -0.05) is 49.6 Å². The second-order valence-corrected chi connectivity index (χ2v) is 8.26. The average Bonchev–Trinajstić information content (AvgIpc) is 2.78. The maximum Gasteiger partial charge on any atom is 0.161 e. The lowest BCUT2D eigenvalue weighted by atomic mass is 9.86. The highest BCUT2D eigenvalue weighted by molar-refractivity contribution is 6.20. The van der Waals surface area contributed by atoms with Crippen molar-refractivity contribution in [1.29, 1.82) is 0 Å². The van der Waals surface area contributed by atoms with Gasteiger partial charge in [-0.25, -0.2) is 0 Å². The Balaban J connectivity index is 1.49. The number of nitrogens with one attached hydrogen (secondary N) is 1. The third-order valence-corrected chi connectivity index (χ3v) is 6.27. The maximum absolute atomic E-state index is 6.63. The second kappa shape index (κ2) is 11.2. The molecule has 1 unspecified atom stereocenters. The van der Waals surface area contributed by atoms with E-state index in [9.17, 15) is 0 Å². The topological polar surface area (TPSA) is 30.5 Å². The van der Waals surface area contributed by atoms with Gasteiger partial charge in [0.1, 0.15) is 0 Å². The molecule has 2 aromatic carbocycles. The standard InChI is InChI=1S/C25H32ClNO2/c1-28-24-15-12-20(18-25(24)29-2)9-8-19-10-13-22(14-11-19)27-17-16-23(26)21-6-4-3-5-7-21/h8-15,18,21,23,27H,3-7,16-17H2,1-2H3. The van der Waals surface area contributed by atoms with E-state index in [0.29, 0.717) is 11.3 Å². The molecule has 4 heteroatoms. The highest BCUT2D eigenvalue weighted by atomic mass is 35.5. The first kappa shape index (κ1) is 21.6. The van der Waals surface area contributed by atoms with Crippen molar-refractivity contribution in [2.75, 3.05) is 26.1 Å². The summed E-state index contributed by atoms with van der Waals surface area (Å²) in [6.45, 7) is 0.922. The zero-order chi connectivity index (χ0) is 20.5. The molecule has 1 N–H and O–H groups in total. The first-order valence-electron chi connectivity index (χ1n) is 10.6. The molecule has 2 aromatic rings. The summed E-state index contributed by atoms with van der Waals surface area (Å²) in [5, 5.41) is 3.80. The summed E-state index contributed by atoms with van der Waals surface area (Å²) in [6.07, 6.45) is 11.9. The molecule has 0 spiro atoms. The summed E-state index contributed by atoms with van der Waals surface area (Å²) in [5.74, 6) is 2.18. The van der Waals surface area contributed by atoms with Gasteiger partial charge in [-0.3, -0.25) is 0 Å². The fourth-order valence-corrected chi connectivity index (χ4v) is 4.31. The van der Waals surface area contributed by atoms with Crippen molar-refractivity contribution in [3.63, 3.8) is 0 Å². The van der Waals surface area contributed by atoms with E-state index in [2.05, 4.69) is 41.7 Å². The molecule has 0 aliphatic heterocycles. The Bertz CT molecular complexity index is 782. The number of rotatable bonds is 9. The molecule has 0 saturated heterocycles. The highest BCUT2D eigenvalue weighted by Crippen LogP contribution is 2.31. The van der Waals surface area contributed by atoms with Gasteiger partial charge in [0.2, 0.25) is 0 Å². The van der Waals surface area contributed by atoms with Gasteiger partial charge in [0, 0.05) is 17.6 Å². The predicted octanol–water partition coefficient (Wildman–Crippen LogP) is 6.86. The third-order valence-electron chi connectivity index (χ3n) is 5.70. The number of alkyl halides is 1. The van der Waals surface area contributed by atoms with Crippen molar-refractivity contribution >= 4 is 29.4 Å². The van der Waals surface area contributed by atoms with Gasteiger partial charge in [0.15, 0.2) is 11.5 Å². The van der Waals surface area contributed by atoms with Gasteiger partial charge in [0.25, 0.3) is 0 Å². The zero-order valence-electron chi connectivity index (χ0n) is 17.5. The molecule has 156 valence electrons. The quantitative estimate of drug-likeness (QED) is 0.359. The molecule has 0 aromatic heterocycles. The van der Waals surface area contributed by atoms with Gasteiger partial charge in [-0.15, -0.1) is 11.6 Å². The Morgan fingerprint density at radius 3 is 2.28 bits per heavy atom. The number of halogens is 1. The van der Waals surface area contributed by atoms with Crippen LogP contribution in [0.15, 0.2) is 42.5 Å². The minimum atomic E-state index is 0.298. The van der Waals surface area contributed by atoms with E-state index in [-0.39, 0.29) is 0 Å². The van der Waals surface area contributed by atoms with Crippen LogP contribution in [-0.4, -0.2) is 26.1 Å². The Morgan fingerprint density at radius 1 is 0.931 bits per heavy atom. The molecule has 1 aliphatic carbocycles. The molecule has 0 heterocycles. The normalized spacial score (nSPS) is 16.0. The van der Waals surface area contributed by atoms with Gasteiger partial charge in [0.05, 0.1) is 14.2 Å². The van der Waals surface area contributed by atoms with E-state index >= 15 is 0 Å². The molecule has 3 nitrogen and oxygen atoms in total. The van der Waals surface area contributed by atoms with Gasteiger partial charge in [-0.05, 0) is 60.6 Å². The number of benzene rings is 2. The summed E-state index contributed by atoms with van der Waals surface area (Å²) in [5.41, 5.74) is 3.37. The summed E-state index contributed by atoms with van der Waals surface area (Å²) in [7, 11) is 3.30. The number of hydrogen-bond acceptors (Lipinski definition) is 3. The predicted molar refractivity (Wildman–Crippen MR) is 124 cm³/mol. The third kappa shape index (κ3) is 6.43. The summed E-state index contributed by atoms with van der Waals surface area (Å²) in [4.78, 5) is 0. The molecule has 1 saturated carbocycles. The van der Waals surface area contributed by atoms with E-state index in [0.717, 1.165) is 41.3 Å². The lowest BCUT2D eigenvalue weighted by Crippen LogP contribution is -2.20. The van der Waals surface area contributed by atoms with Crippen molar-refractivity contribution in [3.05, 3.63) is 53.6 Å². The van der Waals surface area contributed by atoms with Crippen molar-refractivity contribution in [2.45, 2.75) is 43.9 Å². The molecule has 0 bridgehead atoms. The van der Waals surface area contributed by atoms with Crippen molar-refractivity contribution < 1.29 is 9.47 Å². The smallest absolute Gasteiger partial charge is 0.161 e. The fourth-order valence-electron chi connectivity index (χ4n) is 3.95. The van der Waals surface area contributed by atoms with Crippen LogP contribution in [0, 0.1) is 5.92 Å². The van der Waals surface area contributed by atoms with E-state index in [4.69, 9.17) is 21.1 Å². The van der Waals surface area contributed by atoms with Gasteiger partial charge in [-0.2, -0.15) is 0 Å². The van der Waals surface area contributed by atoms with Crippen LogP contribution in [-0.2, 0) is 0 Å². The molecule has 1 atom stereocenters. The SMILES string of the molecule is COc1ccc(C=Cc2ccc(NCCC(Cl)C3CCCCC3)cc2)cc1OC. The van der Waals surface area contributed by atoms with E-state index in [1.54, 1.807) is 14.2 Å². The monoisotopic (exact) mass is 413 g/mol. The van der Waals surface area contributed by atoms with Crippen LogP contribution in [0.1, 0.15) is 49.7 Å². The van der Waals surface area contributed by atoms with Crippen LogP contribution in [0.4, 0.5) is 5.69 Å². The lowest BCUT2D eigenvalue weighted by Gasteiger charge is -2.26. The van der Waals surface area contributed by atoms with Crippen molar-refractivity contribution in [3.8, 4) is 11.5 Å². The molecule has 29 heavy (non-hydrogen) atoms. The molecule has 0 amide bonds. The largest absolute Gasteiger partial charge is 0.493 e. The Hall–Kier alpha value is -2.13. The number of hydrogen-bond donors (Lipinski definition) is 1. The molecule has 3 rings (SSSR count). The number of ether oxygens (including phenoxy) is 2. The van der Waals surface area contributed by atoms with Gasteiger partial charge >= 0.3 is 0 Å². The summed E-state index contributed by atoms with van der Waals surface area (Å²) < 4.78 is 10.6.